The molecule has 1 N–H and O–H groups in total. The molecular formula is C23H32N2O4S. The van der Waals surface area contributed by atoms with Crippen molar-refractivity contribution < 1.29 is 17.9 Å². The van der Waals surface area contributed by atoms with E-state index in [1.807, 2.05) is 71.0 Å². The highest BCUT2D eigenvalue weighted by Crippen LogP contribution is 2.26. The molecule has 30 heavy (non-hydrogen) atoms. The fourth-order valence-corrected chi connectivity index (χ4v) is 4.54. The predicted octanol–water partition coefficient (Wildman–Crippen LogP) is 4.12. The zero-order valence-electron chi connectivity index (χ0n) is 18.6. The molecule has 0 saturated carbocycles. The van der Waals surface area contributed by atoms with Gasteiger partial charge >= 0.3 is 0 Å². The molecule has 164 valence electrons. The van der Waals surface area contributed by atoms with Crippen LogP contribution in [0.4, 0.5) is 5.69 Å². The van der Waals surface area contributed by atoms with Crippen molar-refractivity contribution in [1.82, 2.24) is 5.32 Å². The highest BCUT2D eigenvalue weighted by atomic mass is 32.2. The lowest BCUT2D eigenvalue weighted by atomic mass is 10.1. The first kappa shape index (κ1) is 23.7. The molecule has 0 radical (unpaired) electrons. The molecular weight excluding hydrogens is 400 g/mol. The third-order valence-corrected chi connectivity index (χ3v) is 6.30. The van der Waals surface area contributed by atoms with Gasteiger partial charge in [-0.05, 0) is 75.1 Å². The van der Waals surface area contributed by atoms with Gasteiger partial charge in [-0.2, -0.15) is 0 Å². The monoisotopic (exact) mass is 432 g/mol. The van der Waals surface area contributed by atoms with Crippen molar-refractivity contribution in [2.75, 3.05) is 17.2 Å². The Hall–Kier alpha value is -2.54. The van der Waals surface area contributed by atoms with Gasteiger partial charge in [0.2, 0.25) is 15.9 Å². The summed E-state index contributed by atoms with van der Waals surface area (Å²) in [6.45, 7) is 10.1. The third kappa shape index (κ3) is 5.75. The smallest absolute Gasteiger partial charge is 0.244 e. The van der Waals surface area contributed by atoms with Crippen LogP contribution in [0.25, 0.3) is 0 Å². The summed E-state index contributed by atoms with van der Waals surface area (Å²) < 4.78 is 31.9. The highest BCUT2D eigenvalue weighted by Gasteiger charge is 2.32. The van der Waals surface area contributed by atoms with Crippen LogP contribution < -0.4 is 14.4 Å². The molecule has 2 aromatic carbocycles. The van der Waals surface area contributed by atoms with Crippen molar-refractivity contribution in [1.29, 1.82) is 0 Å². The Morgan fingerprint density at radius 1 is 1.07 bits per heavy atom. The quantitative estimate of drug-likeness (QED) is 0.647. The Morgan fingerprint density at radius 2 is 1.70 bits per heavy atom. The summed E-state index contributed by atoms with van der Waals surface area (Å²) >= 11 is 0. The molecule has 0 aromatic heterocycles. The summed E-state index contributed by atoms with van der Waals surface area (Å²) in [7, 11) is -3.66. The minimum Gasteiger partial charge on any atom is -0.494 e. The van der Waals surface area contributed by atoms with Crippen LogP contribution in [-0.4, -0.2) is 33.2 Å². The van der Waals surface area contributed by atoms with E-state index in [1.165, 1.54) is 4.31 Å². The molecule has 0 spiro atoms. The minimum atomic E-state index is -3.66. The Balaban J connectivity index is 2.27. The number of carbonyl (C=O) groups excluding carboxylic acids is 1. The number of hydrogen-bond donors (Lipinski definition) is 1. The number of aryl methyl sites for hydroxylation is 2. The molecule has 0 aliphatic carbocycles. The maximum atomic E-state index is 13.1. The van der Waals surface area contributed by atoms with Crippen LogP contribution in [0.15, 0.2) is 42.5 Å². The molecule has 2 rings (SSSR count). The van der Waals surface area contributed by atoms with Gasteiger partial charge in [0.05, 0.1) is 24.6 Å². The van der Waals surface area contributed by atoms with Crippen molar-refractivity contribution in [3.63, 3.8) is 0 Å². The van der Waals surface area contributed by atoms with Gasteiger partial charge in [-0.25, -0.2) is 8.42 Å². The fourth-order valence-electron chi connectivity index (χ4n) is 3.34. The summed E-state index contributed by atoms with van der Waals surface area (Å²) in [6.07, 6.45) is 1.48. The Morgan fingerprint density at radius 3 is 2.20 bits per heavy atom. The number of nitrogens with zero attached hydrogens (tertiary/aromatic N) is 1. The molecule has 2 atom stereocenters. The third-order valence-electron chi connectivity index (χ3n) is 5.12. The summed E-state index contributed by atoms with van der Waals surface area (Å²) in [5, 5.41) is 2.96. The van der Waals surface area contributed by atoms with Crippen molar-refractivity contribution >= 4 is 21.6 Å². The zero-order chi connectivity index (χ0) is 22.5. The van der Waals surface area contributed by atoms with Crippen molar-refractivity contribution in [2.45, 2.75) is 53.1 Å². The number of anilines is 1. The molecule has 6 nitrogen and oxygen atoms in total. The first-order chi connectivity index (χ1) is 14.1. The lowest BCUT2D eigenvalue weighted by molar-refractivity contribution is -0.122. The molecule has 0 heterocycles. The number of hydrogen-bond acceptors (Lipinski definition) is 4. The standard InChI is InChI=1S/C23H32N2O4S/c1-7-22(25(30(6,27)28)20-12-9-16(3)17(4)15-20)23(26)24-18(5)19-10-13-21(14-11-19)29-8-2/h9-15,18,22H,7-8H2,1-6H3,(H,24,26)/t18-,22+/m0/s1. The van der Waals surface area contributed by atoms with Gasteiger partial charge < -0.3 is 10.1 Å². The van der Waals surface area contributed by atoms with Crippen LogP contribution in [0.5, 0.6) is 5.75 Å². The molecule has 0 fully saturated rings. The van der Waals surface area contributed by atoms with Crippen molar-refractivity contribution in [3.05, 3.63) is 59.2 Å². The molecule has 2 aromatic rings. The van der Waals surface area contributed by atoms with Crippen LogP contribution in [0, 0.1) is 13.8 Å². The van der Waals surface area contributed by atoms with Gasteiger partial charge in [-0.3, -0.25) is 9.10 Å². The van der Waals surface area contributed by atoms with Crippen LogP contribution in [-0.2, 0) is 14.8 Å². The van der Waals surface area contributed by atoms with E-state index in [0.717, 1.165) is 28.7 Å². The maximum absolute atomic E-state index is 13.1. The van der Waals surface area contributed by atoms with Gasteiger partial charge in [0.25, 0.3) is 0 Å². The molecule has 0 unspecified atom stereocenters. The van der Waals surface area contributed by atoms with Crippen LogP contribution >= 0.6 is 0 Å². The molecule has 0 bridgehead atoms. The van der Waals surface area contributed by atoms with E-state index >= 15 is 0 Å². The molecule has 0 saturated heterocycles. The average Bonchev–Trinajstić information content (AvgIpc) is 2.68. The largest absolute Gasteiger partial charge is 0.494 e. The van der Waals surface area contributed by atoms with E-state index in [2.05, 4.69) is 5.32 Å². The molecule has 7 heteroatoms. The normalized spacial score (nSPS) is 13.4. The summed E-state index contributed by atoms with van der Waals surface area (Å²) in [5.74, 6) is 0.437. The van der Waals surface area contributed by atoms with Gasteiger partial charge in [0.15, 0.2) is 0 Å². The topological polar surface area (TPSA) is 75.7 Å². The second-order valence-electron chi connectivity index (χ2n) is 7.48. The summed E-state index contributed by atoms with van der Waals surface area (Å²) in [6, 6.07) is 11.8. The molecule has 0 aliphatic rings. The van der Waals surface area contributed by atoms with E-state index in [-0.39, 0.29) is 11.9 Å². The van der Waals surface area contributed by atoms with E-state index in [4.69, 9.17) is 4.74 Å². The molecule has 1 amide bonds. The van der Waals surface area contributed by atoms with Crippen LogP contribution in [0.3, 0.4) is 0 Å². The number of sulfonamides is 1. The predicted molar refractivity (Wildman–Crippen MR) is 121 cm³/mol. The van der Waals surface area contributed by atoms with Gasteiger partial charge in [-0.1, -0.05) is 25.1 Å². The van der Waals surface area contributed by atoms with Gasteiger partial charge in [0.1, 0.15) is 11.8 Å². The highest BCUT2D eigenvalue weighted by molar-refractivity contribution is 7.92. The van der Waals surface area contributed by atoms with E-state index in [9.17, 15) is 13.2 Å². The summed E-state index contributed by atoms with van der Waals surface area (Å²) in [4.78, 5) is 13.1. The van der Waals surface area contributed by atoms with Crippen molar-refractivity contribution in [3.8, 4) is 5.75 Å². The fraction of sp³-hybridized carbons (Fsp3) is 0.435. The average molecular weight is 433 g/mol. The van der Waals surface area contributed by atoms with Gasteiger partial charge in [0, 0.05) is 0 Å². The van der Waals surface area contributed by atoms with E-state index in [0.29, 0.717) is 18.7 Å². The number of benzene rings is 2. The first-order valence-electron chi connectivity index (χ1n) is 10.2. The van der Waals surface area contributed by atoms with Gasteiger partial charge in [-0.15, -0.1) is 0 Å². The minimum absolute atomic E-state index is 0.275. The van der Waals surface area contributed by atoms with Crippen molar-refractivity contribution in [2.24, 2.45) is 0 Å². The Kier molecular flexibility index (Phi) is 7.89. The number of rotatable bonds is 9. The SMILES string of the molecule is CCOc1ccc([C@H](C)NC(=O)[C@@H](CC)N(c2ccc(C)c(C)c2)S(C)(=O)=O)cc1. The maximum Gasteiger partial charge on any atom is 0.244 e. The lowest BCUT2D eigenvalue weighted by Crippen LogP contribution is -2.49. The van der Waals surface area contributed by atoms with E-state index < -0.39 is 16.1 Å². The second kappa shape index (κ2) is 9.98. The number of ether oxygens (including phenoxy) is 1. The van der Waals surface area contributed by atoms with Crippen LogP contribution in [0.2, 0.25) is 0 Å². The lowest BCUT2D eigenvalue weighted by Gasteiger charge is -2.31. The first-order valence-corrected chi connectivity index (χ1v) is 12.0. The number of carbonyl (C=O) groups is 1. The zero-order valence-corrected chi connectivity index (χ0v) is 19.4. The second-order valence-corrected chi connectivity index (χ2v) is 9.34. The number of amides is 1. The molecule has 0 aliphatic heterocycles. The Bertz CT molecular complexity index is 971. The summed E-state index contributed by atoms with van der Waals surface area (Å²) in [5.41, 5.74) is 3.45. The van der Waals surface area contributed by atoms with Crippen LogP contribution in [0.1, 0.15) is 49.9 Å². The number of nitrogens with one attached hydrogen (secondary N) is 1. The van der Waals surface area contributed by atoms with E-state index in [1.54, 1.807) is 6.07 Å². The Labute approximate surface area is 180 Å².